The van der Waals surface area contributed by atoms with Gasteiger partial charge in [-0.2, -0.15) is 13.2 Å². The zero-order valence-electron chi connectivity index (χ0n) is 9.41. The number of hydrogen-bond donors (Lipinski definition) is 1. The molecule has 0 saturated heterocycles. The number of carbonyl (C=O) groups excluding carboxylic acids is 1. The van der Waals surface area contributed by atoms with E-state index in [1.54, 1.807) is 13.8 Å². The highest BCUT2D eigenvalue weighted by Gasteiger charge is 2.39. The lowest BCUT2D eigenvalue weighted by Crippen LogP contribution is -2.46. The van der Waals surface area contributed by atoms with Gasteiger partial charge in [0.1, 0.15) is 0 Å². The molecule has 0 fully saturated rings. The summed E-state index contributed by atoms with van der Waals surface area (Å²) in [6.07, 6.45) is -7.14. The fourth-order valence-electron chi connectivity index (χ4n) is 1.01. The zero-order valence-corrected chi connectivity index (χ0v) is 9.41. The molecule has 0 aliphatic heterocycles. The molecule has 1 unspecified atom stereocenters. The Labute approximate surface area is 92.0 Å². The first-order valence-corrected chi connectivity index (χ1v) is 4.74. The Bertz CT molecular complexity index is 231. The van der Waals surface area contributed by atoms with Crippen molar-refractivity contribution in [2.24, 2.45) is 0 Å². The summed E-state index contributed by atoms with van der Waals surface area (Å²) in [6, 6.07) is -0.295. The molecule has 16 heavy (non-hydrogen) atoms. The molecule has 0 rings (SSSR count). The molecule has 0 aromatic rings. The molecule has 0 bridgehead atoms. The summed E-state index contributed by atoms with van der Waals surface area (Å²) in [5.41, 5.74) is 0. The van der Waals surface area contributed by atoms with Gasteiger partial charge in [-0.1, -0.05) is 0 Å². The van der Waals surface area contributed by atoms with Crippen molar-refractivity contribution in [2.75, 3.05) is 20.2 Å². The van der Waals surface area contributed by atoms with E-state index in [0.717, 1.165) is 7.11 Å². The molecule has 96 valence electrons. The monoisotopic (exact) mass is 243 g/mol. The maximum atomic E-state index is 12.1. The molecule has 0 aliphatic carbocycles. The molecule has 0 aromatic carbocycles. The van der Waals surface area contributed by atoms with Gasteiger partial charge in [-0.3, -0.25) is 9.69 Å². The fourth-order valence-corrected chi connectivity index (χ4v) is 1.01. The third-order valence-corrected chi connectivity index (χ3v) is 2.08. The van der Waals surface area contributed by atoms with Crippen LogP contribution in [0.15, 0.2) is 0 Å². The lowest BCUT2D eigenvalue weighted by molar-refractivity contribution is -0.209. The zero-order chi connectivity index (χ0) is 12.9. The van der Waals surface area contributed by atoms with E-state index in [1.807, 2.05) is 0 Å². The van der Waals surface area contributed by atoms with Crippen LogP contribution in [0.1, 0.15) is 13.8 Å². The van der Waals surface area contributed by atoms with E-state index < -0.39 is 24.8 Å². The number of ether oxygens (including phenoxy) is 1. The second-order valence-electron chi connectivity index (χ2n) is 3.66. The van der Waals surface area contributed by atoms with Crippen LogP contribution in [0.5, 0.6) is 0 Å². The predicted molar refractivity (Wildman–Crippen MR) is 50.8 cm³/mol. The number of carbonyl (C=O) groups is 1. The minimum Gasteiger partial charge on any atom is -0.468 e. The van der Waals surface area contributed by atoms with E-state index >= 15 is 0 Å². The molecule has 1 atom stereocenters. The van der Waals surface area contributed by atoms with Crippen molar-refractivity contribution >= 4 is 5.97 Å². The van der Waals surface area contributed by atoms with Crippen molar-refractivity contribution in [1.82, 2.24) is 4.90 Å². The van der Waals surface area contributed by atoms with Crippen molar-refractivity contribution in [3.63, 3.8) is 0 Å². The van der Waals surface area contributed by atoms with Gasteiger partial charge in [-0.25, -0.2) is 0 Å². The van der Waals surface area contributed by atoms with Gasteiger partial charge >= 0.3 is 12.1 Å². The van der Waals surface area contributed by atoms with Crippen LogP contribution < -0.4 is 0 Å². The van der Waals surface area contributed by atoms with Gasteiger partial charge in [-0.05, 0) is 13.8 Å². The number of nitrogens with zero attached hydrogens (tertiary/aromatic N) is 1. The molecule has 0 amide bonds. The van der Waals surface area contributed by atoms with E-state index in [-0.39, 0.29) is 12.6 Å². The van der Waals surface area contributed by atoms with Crippen LogP contribution in [0.25, 0.3) is 0 Å². The summed E-state index contributed by atoms with van der Waals surface area (Å²) in [5, 5.41) is 8.87. The van der Waals surface area contributed by atoms with Gasteiger partial charge in [0, 0.05) is 12.6 Å². The third kappa shape index (κ3) is 5.32. The summed E-state index contributed by atoms with van der Waals surface area (Å²) in [6.45, 7) is 2.34. The Morgan fingerprint density at radius 1 is 1.44 bits per heavy atom. The van der Waals surface area contributed by atoms with E-state index in [0.29, 0.717) is 0 Å². The van der Waals surface area contributed by atoms with Crippen LogP contribution in [-0.4, -0.2) is 54.5 Å². The number of hydrogen-bond acceptors (Lipinski definition) is 4. The highest BCUT2D eigenvalue weighted by atomic mass is 19.4. The van der Waals surface area contributed by atoms with Crippen LogP contribution in [0.4, 0.5) is 13.2 Å². The standard InChI is InChI=1S/C9H16F3NO3/c1-6(2)13(5-8(15)16-3)4-7(14)9(10,11)12/h6-7,14H,4-5H2,1-3H3. The minimum atomic E-state index is -4.68. The lowest BCUT2D eigenvalue weighted by atomic mass is 10.2. The van der Waals surface area contributed by atoms with E-state index in [4.69, 9.17) is 5.11 Å². The van der Waals surface area contributed by atoms with E-state index in [9.17, 15) is 18.0 Å². The van der Waals surface area contributed by atoms with Crippen molar-refractivity contribution in [2.45, 2.75) is 32.2 Å². The lowest BCUT2D eigenvalue weighted by Gasteiger charge is -2.28. The molecule has 0 aliphatic rings. The average Bonchev–Trinajstić information content (AvgIpc) is 2.14. The van der Waals surface area contributed by atoms with Crippen molar-refractivity contribution < 1.29 is 27.8 Å². The molecular formula is C9H16F3NO3. The SMILES string of the molecule is COC(=O)CN(CC(O)C(F)(F)F)C(C)C. The van der Waals surface area contributed by atoms with E-state index in [2.05, 4.69) is 4.74 Å². The Balaban J connectivity index is 4.40. The second-order valence-corrected chi connectivity index (χ2v) is 3.66. The summed E-state index contributed by atoms with van der Waals surface area (Å²) in [4.78, 5) is 12.1. The van der Waals surface area contributed by atoms with Crippen LogP contribution in [0, 0.1) is 0 Å². The number of aliphatic hydroxyl groups excluding tert-OH is 1. The Kier molecular flexibility index (Phi) is 5.74. The van der Waals surface area contributed by atoms with Crippen molar-refractivity contribution in [3.05, 3.63) is 0 Å². The summed E-state index contributed by atoms with van der Waals surface area (Å²) in [7, 11) is 1.15. The molecular weight excluding hydrogens is 227 g/mol. The van der Waals surface area contributed by atoms with Crippen LogP contribution in [0.2, 0.25) is 0 Å². The van der Waals surface area contributed by atoms with Gasteiger partial charge in [0.25, 0.3) is 0 Å². The van der Waals surface area contributed by atoms with Crippen molar-refractivity contribution in [1.29, 1.82) is 0 Å². The number of rotatable bonds is 5. The topological polar surface area (TPSA) is 49.8 Å². The number of methoxy groups -OCH3 is 1. The van der Waals surface area contributed by atoms with Gasteiger partial charge < -0.3 is 9.84 Å². The summed E-state index contributed by atoms with van der Waals surface area (Å²) < 4.78 is 40.7. The van der Waals surface area contributed by atoms with E-state index in [1.165, 1.54) is 4.90 Å². The molecule has 0 spiro atoms. The van der Waals surface area contributed by atoms with Crippen LogP contribution >= 0.6 is 0 Å². The smallest absolute Gasteiger partial charge is 0.415 e. The first-order valence-electron chi connectivity index (χ1n) is 4.74. The normalized spacial score (nSPS) is 14.3. The third-order valence-electron chi connectivity index (χ3n) is 2.08. The minimum absolute atomic E-state index is 0.276. The number of aliphatic hydroxyl groups is 1. The Morgan fingerprint density at radius 2 is 1.94 bits per heavy atom. The maximum Gasteiger partial charge on any atom is 0.415 e. The first kappa shape index (κ1) is 15.2. The number of alkyl halides is 3. The predicted octanol–water partition coefficient (Wildman–Crippen LogP) is 0.793. The molecule has 0 saturated carbocycles. The van der Waals surface area contributed by atoms with Crippen LogP contribution in [-0.2, 0) is 9.53 Å². The quantitative estimate of drug-likeness (QED) is 0.725. The Morgan fingerprint density at radius 3 is 2.25 bits per heavy atom. The maximum absolute atomic E-state index is 12.1. The van der Waals surface area contributed by atoms with Crippen molar-refractivity contribution in [3.8, 4) is 0 Å². The Hall–Kier alpha value is -0.820. The summed E-state index contributed by atoms with van der Waals surface area (Å²) in [5.74, 6) is -0.636. The molecule has 7 heteroatoms. The molecule has 0 aromatic heterocycles. The largest absolute Gasteiger partial charge is 0.468 e. The average molecular weight is 243 g/mol. The van der Waals surface area contributed by atoms with Gasteiger partial charge in [0.05, 0.1) is 13.7 Å². The molecule has 0 radical (unpaired) electrons. The molecule has 4 nitrogen and oxygen atoms in total. The first-order chi connectivity index (χ1) is 7.18. The second kappa shape index (κ2) is 6.05. The number of halogens is 3. The van der Waals surface area contributed by atoms with Gasteiger partial charge in [0.15, 0.2) is 6.10 Å². The summed E-state index contributed by atoms with van der Waals surface area (Å²) >= 11 is 0. The fraction of sp³-hybridized carbons (Fsp3) is 0.889. The molecule has 1 N–H and O–H groups in total. The number of esters is 1. The highest BCUT2D eigenvalue weighted by molar-refractivity contribution is 5.71. The van der Waals surface area contributed by atoms with Crippen LogP contribution in [0.3, 0.4) is 0 Å². The highest BCUT2D eigenvalue weighted by Crippen LogP contribution is 2.21. The van der Waals surface area contributed by atoms with Gasteiger partial charge in [-0.15, -0.1) is 0 Å². The molecule has 0 heterocycles. The van der Waals surface area contributed by atoms with Gasteiger partial charge in [0.2, 0.25) is 0 Å².